The number of rotatable bonds is 12. The van der Waals surface area contributed by atoms with Crippen molar-refractivity contribution in [3.8, 4) is 89.0 Å². The fourth-order valence-electron chi connectivity index (χ4n) is 19.3. The summed E-state index contributed by atoms with van der Waals surface area (Å²) >= 11 is 5.77. The molecule has 3 aromatic heterocycles. The van der Waals surface area contributed by atoms with Crippen molar-refractivity contribution in [1.29, 1.82) is 0 Å². The van der Waals surface area contributed by atoms with E-state index < -0.39 is 0 Å². The predicted molar refractivity (Wildman–Crippen MR) is 561 cm³/mol. The van der Waals surface area contributed by atoms with Crippen molar-refractivity contribution >= 4 is 159 Å². The Hall–Kier alpha value is -13.4. The number of fused-ring (bicyclic) bond motifs is 18. The molecule has 0 saturated carbocycles. The molecule has 0 fully saturated rings. The van der Waals surface area contributed by atoms with E-state index in [1.165, 1.54) is 236 Å². The summed E-state index contributed by atoms with van der Waals surface area (Å²) in [5.74, 6) is 1.10. The van der Waals surface area contributed by atoms with Gasteiger partial charge in [0, 0.05) is 66.1 Å². The molecular formula is C124H100S3. The van der Waals surface area contributed by atoms with Crippen LogP contribution in [0.1, 0.15) is 116 Å². The van der Waals surface area contributed by atoms with Gasteiger partial charge in [-0.15, -0.1) is 34.0 Å². The summed E-state index contributed by atoms with van der Waals surface area (Å²) in [6.07, 6.45) is 2.30. The van der Waals surface area contributed by atoms with Crippen LogP contribution < -0.4 is 0 Å². The van der Waals surface area contributed by atoms with Crippen LogP contribution in [-0.4, -0.2) is 0 Å². The summed E-state index contributed by atoms with van der Waals surface area (Å²) in [6, 6.07) is 145. The quantitative estimate of drug-likeness (QED) is 0.107. The summed E-state index contributed by atoms with van der Waals surface area (Å²) in [5.41, 5.74) is 26.2. The van der Waals surface area contributed by atoms with E-state index in [2.05, 4.69) is 457 Å². The molecule has 2 unspecified atom stereocenters. The van der Waals surface area contributed by atoms with Crippen LogP contribution in [-0.2, 0) is 10.8 Å². The van der Waals surface area contributed by atoms with E-state index in [0.717, 1.165) is 12.8 Å². The summed E-state index contributed by atoms with van der Waals surface area (Å²) in [6.45, 7) is 23.2. The zero-order valence-electron chi connectivity index (χ0n) is 73.7. The molecule has 0 spiro atoms. The third-order valence-corrected chi connectivity index (χ3v) is 30.5. The summed E-state index contributed by atoms with van der Waals surface area (Å²) in [4.78, 5) is 0. The number of benzene rings is 20. The van der Waals surface area contributed by atoms with Crippen LogP contribution in [0.5, 0.6) is 0 Å². The van der Waals surface area contributed by atoms with Gasteiger partial charge in [0.2, 0.25) is 0 Å². The zero-order valence-corrected chi connectivity index (χ0v) is 76.2. The Balaban J connectivity index is 0.000000116. The maximum absolute atomic E-state index is 2.47. The Morgan fingerprint density at radius 1 is 0.197 bits per heavy atom. The molecule has 0 amide bonds. The van der Waals surface area contributed by atoms with E-state index in [1.54, 1.807) is 0 Å². The molecule has 23 rings (SSSR count). The van der Waals surface area contributed by atoms with E-state index in [-0.39, 0.29) is 10.8 Å². The number of hydrogen-bond acceptors (Lipinski definition) is 3. The van der Waals surface area contributed by atoms with E-state index in [9.17, 15) is 0 Å². The standard InChI is InChI=1S/C44H28S.2C40H36S/c1-3-11-29(12-4-1)33-23-24-43-41(25-33)42-28-35(30-13-5-2-6-14-30)27-40(44(42)45-43)32-21-19-31(20-22-32)39-26-34-15-7-8-16-36(34)37-17-9-10-18-38(37)39;1-39(2,3)28-18-19-37-35(22-28)36-24-29(40(4,5)6)23-34(38(36)41-37)26-14-11-13-25(20-26)33-21-27-12-7-8-15-30(27)31-16-9-10-17-32(31)33;1-5-25(3)29-19-20-39-37(21-29)38-24-31(26(4)6-2)23-36(40(38)41-39)28-17-15-27(16-18-28)35-22-30-11-7-8-12-32(30)33-13-9-10-14-34(33)35/h1-28H;7-24H,1-6H3;7-26H,5-6H2,1-4H3. The largest absolute Gasteiger partial charge is 0.135 e. The second-order valence-corrected chi connectivity index (χ2v) is 40.0. The third kappa shape index (κ3) is 15.1. The molecule has 20 aromatic carbocycles. The average molecular weight is 1690 g/mol. The van der Waals surface area contributed by atoms with Crippen LogP contribution in [0.3, 0.4) is 0 Å². The monoisotopic (exact) mass is 1680 g/mol. The topological polar surface area (TPSA) is 0 Å². The first-order valence-electron chi connectivity index (χ1n) is 45.1. The van der Waals surface area contributed by atoms with Crippen LogP contribution in [0, 0.1) is 0 Å². The van der Waals surface area contributed by atoms with Crippen molar-refractivity contribution in [3.63, 3.8) is 0 Å². The molecule has 23 aromatic rings. The lowest BCUT2D eigenvalue weighted by atomic mass is 9.83. The first-order valence-corrected chi connectivity index (χ1v) is 47.5. The molecule has 0 saturated heterocycles. The Kier molecular flexibility index (Phi) is 21.1. The molecule has 0 bridgehead atoms. The van der Waals surface area contributed by atoms with Gasteiger partial charge in [0.05, 0.1) is 0 Å². The normalized spacial score (nSPS) is 12.5. The molecule has 614 valence electrons. The molecule has 3 heteroatoms. The van der Waals surface area contributed by atoms with Gasteiger partial charge in [-0.25, -0.2) is 0 Å². The Bertz CT molecular complexity index is 8180. The second kappa shape index (κ2) is 33.2. The molecule has 0 radical (unpaired) electrons. The predicted octanol–water partition coefficient (Wildman–Crippen LogP) is 38.0. The van der Waals surface area contributed by atoms with Gasteiger partial charge in [-0.2, -0.15) is 0 Å². The number of hydrogen-bond donors (Lipinski definition) is 0. The SMILES string of the molecule is CC(C)(C)c1ccc2sc3c(-c4cccc(-c5cc6ccccc6c6ccccc56)c4)cc(C(C)(C)C)cc3c2c1.CCC(C)c1ccc2sc3c(-c4ccc(-c5cc6ccccc6c6ccccc56)cc4)cc(C(C)CC)cc3c2c1.c1ccc(-c2ccc3sc4c(-c5ccc(-c6cc7ccccc7c7ccccc67)cc5)cc(-c5ccccc5)cc4c3c2)cc1. The van der Waals surface area contributed by atoms with Gasteiger partial charge in [0.15, 0.2) is 0 Å². The first kappa shape index (κ1) is 80.7. The van der Waals surface area contributed by atoms with Crippen molar-refractivity contribution < 1.29 is 0 Å². The van der Waals surface area contributed by atoms with Crippen LogP contribution in [0.4, 0.5) is 0 Å². The highest BCUT2D eigenvalue weighted by atomic mass is 32.1. The molecule has 127 heavy (non-hydrogen) atoms. The Morgan fingerprint density at radius 2 is 0.520 bits per heavy atom. The molecular weight excluding hydrogens is 1590 g/mol. The van der Waals surface area contributed by atoms with Crippen LogP contribution >= 0.6 is 34.0 Å². The minimum atomic E-state index is 0.0466. The van der Waals surface area contributed by atoms with Gasteiger partial charge in [-0.05, 0) is 303 Å². The summed E-state index contributed by atoms with van der Waals surface area (Å²) in [7, 11) is 0. The summed E-state index contributed by atoms with van der Waals surface area (Å²) in [5, 5.41) is 23.8. The fourth-order valence-corrected chi connectivity index (χ4v) is 22.9. The lowest BCUT2D eigenvalue weighted by molar-refractivity contribution is 0.590. The van der Waals surface area contributed by atoms with Gasteiger partial charge in [0.1, 0.15) is 0 Å². The van der Waals surface area contributed by atoms with Crippen molar-refractivity contribution in [2.75, 3.05) is 0 Å². The van der Waals surface area contributed by atoms with E-state index in [4.69, 9.17) is 0 Å². The molecule has 2 atom stereocenters. The molecule has 0 aliphatic heterocycles. The van der Waals surface area contributed by atoms with Gasteiger partial charge >= 0.3 is 0 Å². The average Bonchev–Trinajstić information content (AvgIpc) is 1.63. The zero-order chi connectivity index (χ0) is 86.3. The highest BCUT2D eigenvalue weighted by molar-refractivity contribution is 7.27. The van der Waals surface area contributed by atoms with Crippen molar-refractivity contribution in [2.45, 2.75) is 105 Å². The first-order chi connectivity index (χ1) is 61.9. The molecule has 0 aliphatic rings. The van der Waals surface area contributed by atoms with Gasteiger partial charge in [-0.3, -0.25) is 0 Å². The maximum atomic E-state index is 2.47. The highest BCUT2D eigenvalue weighted by Crippen LogP contribution is 2.50. The Morgan fingerprint density at radius 3 is 1.00 bits per heavy atom. The van der Waals surface area contributed by atoms with Gasteiger partial charge < -0.3 is 0 Å². The van der Waals surface area contributed by atoms with Gasteiger partial charge in [0.25, 0.3) is 0 Å². The maximum Gasteiger partial charge on any atom is 0.0434 e. The van der Waals surface area contributed by atoms with Crippen LogP contribution in [0.2, 0.25) is 0 Å². The summed E-state index contributed by atoms with van der Waals surface area (Å²) < 4.78 is 8.16. The minimum absolute atomic E-state index is 0.0466. The molecule has 0 N–H and O–H groups in total. The highest BCUT2D eigenvalue weighted by Gasteiger charge is 2.25. The van der Waals surface area contributed by atoms with Crippen LogP contribution in [0.15, 0.2) is 388 Å². The molecule has 0 nitrogen and oxygen atoms in total. The molecule has 0 aliphatic carbocycles. The van der Waals surface area contributed by atoms with E-state index >= 15 is 0 Å². The molecule has 3 heterocycles. The lowest BCUT2D eigenvalue weighted by Gasteiger charge is -2.21. The van der Waals surface area contributed by atoms with E-state index in [0.29, 0.717) is 11.8 Å². The lowest BCUT2D eigenvalue weighted by Crippen LogP contribution is -2.11. The minimum Gasteiger partial charge on any atom is -0.135 e. The third-order valence-electron chi connectivity index (χ3n) is 26.9. The number of thiophene rings is 3. The van der Waals surface area contributed by atoms with Crippen LogP contribution in [0.25, 0.3) is 214 Å². The van der Waals surface area contributed by atoms with Gasteiger partial charge in [-0.1, -0.05) is 360 Å². The fraction of sp³-hybridized carbons (Fsp3) is 0.129. The van der Waals surface area contributed by atoms with Crippen molar-refractivity contribution in [3.05, 3.63) is 411 Å². The Labute approximate surface area is 757 Å². The smallest absolute Gasteiger partial charge is 0.0434 e. The van der Waals surface area contributed by atoms with Crippen molar-refractivity contribution in [1.82, 2.24) is 0 Å². The van der Waals surface area contributed by atoms with E-state index in [1.807, 2.05) is 34.0 Å². The second-order valence-electron chi connectivity index (χ2n) is 36.9. The van der Waals surface area contributed by atoms with Crippen molar-refractivity contribution in [2.24, 2.45) is 0 Å².